The number of carbonyl (C=O) groups is 1. The van der Waals surface area contributed by atoms with Crippen LogP contribution in [-0.2, 0) is 4.74 Å². The molecule has 4 heteroatoms. The maximum absolute atomic E-state index is 12.0. The molecule has 0 bridgehead atoms. The molecule has 2 rings (SSSR count). The summed E-state index contributed by atoms with van der Waals surface area (Å²) in [5.74, 6) is 0.221. The van der Waals surface area contributed by atoms with Crippen LogP contribution in [0, 0.1) is 11.3 Å². The molecule has 1 heterocycles. The summed E-state index contributed by atoms with van der Waals surface area (Å²) in [6.45, 7) is 6.89. The van der Waals surface area contributed by atoms with Gasteiger partial charge in [0.25, 0.3) is 0 Å². The number of ether oxygens (including phenoxy) is 1. The highest BCUT2D eigenvalue weighted by atomic mass is 16.6. The molecule has 0 saturated carbocycles. The average molecular weight is 272 g/mol. The minimum absolute atomic E-state index is 0.221. The van der Waals surface area contributed by atoms with Crippen molar-refractivity contribution in [2.75, 3.05) is 13.1 Å². The van der Waals surface area contributed by atoms with E-state index in [4.69, 9.17) is 10.00 Å². The molecule has 1 aliphatic heterocycles. The van der Waals surface area contributed by atoms with E-state index in [0.29, 0.717) is 18.7 Å². The molecule has 20 heavy (non-hydrogen) atoms. The van der Waals surface area contributed by atoms with E-state index in [-0.39, 0.29) is 12.0 Å². The first-order valence-electron chi connectivity index (χ1n) is 6.87. The fourth-order valence-corrected chi connectivity index (χ4v) is 2.46. The lowest BCUT2D eigenvalue weighted by Gasteiger charge is -2.24. The standard InChI is InChI=1S/C16H20N2O2/c1-16(2,3)20-15(19)18-9-8-13(11-18)14-7-5-4-6-12(14)10-17/h4-7,13H,8-9,11H2,1-3H3/t13-/m1/s1. The number of rotatable bonds is 1. The normalized spacial score (nSPS) is 18.7. The first-order valence-corrected chi connectivity index (χ1v) is 6.87. The average Bonchev–Trinajstić information content (AvgIpc) is 2.86. The minimum atomic E-state index is -0.472. The molecule has 1 atom stereocenters. The monoisotopic (exact) mass is 272 g/mol. The second-order valence-corrected chi connectivity index (χ2v) is 6.11. The lowest BCUT2D eigenvalue weighted by Crippen LogP contribution is -2.35. The highest BCUT2D eigenvalue weighted by Gasteiger charge is 2.31. The molecular formula is C16H20N2O2. The molecule has 0 spiro atoms. The Morgan fingerprint density at radius 3 is 2.75 bits per heavy atom. The third kappa shape index (κ3) is 3.30. The summed E-state index contributed by atoms with van der Waals surface area (Å²) in [6, 6.07) is 9.82. The molecule has 1 aliphatic rings. The second kappa shape index (κ2) is 5.54. The lowest BCUT2D eigenvalue weighted by atomic mass is 9.94. The fraction of sp³-hybridized carbons (Fsp3) is 0.500. The van der Waals surface area contributed by atoms with Crippen LogP contribution >= 0.6 is 0 Å². The zero-order chi connectivity index (χ0) is 14.8. The van der Waals surface area contributed by atoms with Crippen LogP contribution in [0.25, 0.3) is 0 Å². The van der Waals surface area contributed by atoms with Gasteiger partial charge in [-0.1, -0.05) is 18.2 Å². The number of nitriles is 1. The van der Waals surface area contributed by atoms with Gasteiger partial charge in [0.1, 0.15) is 5.60 Å². The predicted molar refractivity (Wildman–Crippen MR) is 76.3 cm³/mol. The molecule has 0 radical (unpaired) electrons. The van der Waals surface area contributed by atoms with Crippen molar-refractivity contribution in [3.05, 3.63) is 35.4 Å². The van der Waals surface area contributed by atoms with Gasteiger partial charge in [-0.15, -0.1) is 0 Å². The molecule has 1 fully saturated rings. The number of carbonyl (C=O) groups excluding carboxylic acids is 1. The van der Waals surface area contributed by atoms with Gasteiger partial charge in [-0.25, -0.2) is 4.79 Å². The number of nitrogens with zero attached hydrogens (tertiary/aromatic N) is 2. The third-order valence-corrected chi connectivity index (χ3v) is 3.36. The summed E-state index contributed by atoms with van der Waals surface area (Å²) in [7, 11) is 0. The number of hydrogen-bond donors (Lipinski definition) is 0. The summed E-state index contributed by atoms with van der Waals surface area (Å²) < 4.78 is 5.38. The van der Waals surface area contributed by atoms with E-state index < -0.39 is 5.60 Å². The Bertz CT molecular complexity index is 540. The van der Waals surface area contributed by atoms with Crippen LogP contribution in [0.1, 0.15) is 44.2 Å². The highest BCUT2D eigenvalue weighted by molar-refractivity contribution is 5.68. The second-order valence-electron chi connectivity index (χ2n) is 6.11. The minimum Gasteiger partial charge on any atom is -0.444 e. The number of likely N-dealkylation sites (tertiary alicyclic amines) is 1. The summed E-state index contributed by atoms with van der Waals surface area (Å²) >= 11 is 0. The fourth-order valence-electron chi connectivity index (χ4n) is 2.46. The predicted octanol–water partition coefficient (Wildman–Crippen LogP) is 3.28. The molecule has 1 saturated heterocycles. The molecule has 1 aromatic rings. The van der Waals surface area contributed by atoms with E-state index >= 15 is 0 Å². The Balaban J connectivity index is 2.06. The van der Waals surface area contributed by atoms with Gasteiger partial charge in [-0.05, 0) is 38.8 Å². The van der Waals surface area contributed by atoms with Crippen LogP contribution in [0.3, 0.4) is 0 Å². The zero-order valence-electron chi connectivity index (χ0n) is 12.2. The molecule has 1 aromatic carbocycles. The molecule has 4 nitrogen and oxygen atoms in total. The maximum atomic E-state index is 12.0. The highest BCUT2D eigenvalue weighted by Crippen LogP contribution is 2.30. The third-order valence-electron chi connectivity index (χ3n) is 3.36. The molecule has 106 valence electrons. The molecule has 0 aliphatic carbocycles. The Hall–Kier alpha value is -2.02. The Morgan fingerprint density at radius 2 is 2.10 bits per heavy atom. The molecule has 0 unspecified atom stereocenters. The first kappa shape index (κ1) is 14.4. The molecule has 0 aromatic heterocycles. The molecule has 0 N–H and O–H groups in total. The Morgan fingerprint density at radius 1 is 1.40 bits per heavy atom. The van der Waals surface area contributed by atoms with Crippen molar-refractivity contribution < 1.29 is 9.53 Å². The number of benzene rings is 1. The van der Waals surface area contributed by atoms with E-state index in [2.05, 4.69) is 6.07 Å². The van der Waals surface area contributed by atoms with Gasteiger partial charge in [-0.2, -0.15) is 5.26 Å². The van der Waals surface area contributed by atoms with E-state index in [1.807, 2.05) is 45.0 Å². The van der Waals surface area contributed by atoms with Crippen molar-refractivity contribution in [3.8, 4) is 6.07 Å². The topological polar surface area (TPSA) is 53.3 Å². The van der Waals surface area contributed by atoms with Crippen molar-refractivity contribution >= 4 is 6.09 Å². The van der Waals surface area contributed by atoms with Gasteiger partial charge in [0.05, 0.1) is 11.6 Å². The largest absolute Gasteiger partial charge is 0.444 e. The van der Waals surface area contributed by atoms with E-state index in [1.165, 1.54) is 0 Å². The molecular weight excluding hydrogens is 252 g/mol. The van der Waals surface area contributed by atoms with Crippen molar-refractivity contribution in [1.29, 1.82) is 5.26 Å². The summed E-state index contributed by atoms with van der Waals surface area (Å²) in [5.41, 5.74) is 1.25. The Labute approximate surface area is 120 Å². The van der Waals surface area contributed by atoms with Crippen molar-refractivity contribution in [1.82, 2.24) is 4.90 Å². The van der Waals surface area contributed by atoms with Gasteiger partial charge in [0.15, 0.2) is 0 Å². The van der Waals surface area contributed by atoms with Crippen LogP contribution in [0.2, 0.25) is 0 Å². The SMILES string of the molecule is CC(C)(C)OC(=O)N1CC[C@@H](c2ccccc2C#N)C1. The lowest BCUT2D eigenvalue weighted by molar-refractivity contribution is 0.0292. The van der Waals surface area contributed by atoms with Crippen LogP contribution in [0.4, 0.5) is 4.79 Å². The summed E-state index contributed by atoms with van der Waals surface area (Å²) in [5, 5.41) is 9.15. The van der Waals surface area contributed by atoms with Gasteiger partial charge in [-0.3, -0.25) is 0 Å². The van der Waals surface area contributed by atoms with Crippen LogP contribution < -0.4 is 0 Å². The van der Waals surface area contributed by atoms with E-state index in [0.717, 1.165) is 12.0 Å². The van der Waals surface area contributed by atoms with E-state index in [9.17, 15) is 4.79 Å². The number of hydrogen-bond acceptors (Lipinski definition) is 3. The van der Waals surface area contributed by atoms with Gasteiger partial charge in [0, 0.05) is 19.0 Å². The van der Waals surface area contributed by atoms with Crippen LogP contribution in [-0.4, -0.2) is 29.7 Å². The maximum Gasteiger partial charge on any atom is 0.410 e. The number of amides is 1. The quantitative estimate of drug-likeness (QED) is 0.788. The zero-order valence-corrected chi connectivity index (χ0v) is 12.2. The first-order chi connectivity index (χ1) is 9.40. The summed E-state index contributed by atoms with van der Waals surface area (Å²) in [4.78, 5) is 13.8. The van der Waals surface area contributed by atoms with E-state index in [1.54, 1.807) is 4.90 Å². The van der Waals surface area contributed by atoms with Crippen molar-refractivity contribution in [2.24, 2.45) is 0 Å². The van der Waals surface area contributed by atoms with Gasteiger partial charge < -0.3 is 9.64 Å². The van der Waals surface area contributed by atoms with Gasteiger partial charge in [0.2, 0.25) is 0 Å². The van der Waals surface area contributed by atoms with Crippen LogP contribution in [0.15, 0.2) is 24.3 Å². The van der Waals surface area contributed by atoms with Crippen LogP contribution in [0.5, 0.6) is 0 Å². The van der Waals surface area contributed by atoms with Crippen molar-refractivity contribution in [3.63, 3.8) is 0 Å². The van der Waals surface area contributed by atoms with Gasteiger partial charge >= 0.3 is 6.09 Å². The Kier molecular flexibility index (Phi) is 3.99. The van der Waals surface area contributed by atoms with Crippen molar-refractivity contribution in [2.45, 2.75) is 38.7 Å². The summed E-state index contributed by atoms with van der Waals surface area (Å²) in [6.07, 6.45) is 0.604. The smallest absolute Gasteiger partial charge is 0.410 e. The molecule has 1 amide bonds.